The van der Waals surface area contributed by atoms with Crippen LogP contribution < -0.4 is 10.1 Å². The first-order chi connectivity index (χ1) is 14.0. The van der Waals surface area contributed by atoms with Gasteiger partial charge in [-0.2, -0.15) is 0 Å². The third kappa shape index (κ3) is 4.32. The number of ether oxygens (including phenoxy) is 1. The highest BCUT2D eigenvalue weighted by atomic mass is 19.1. The van der Waals surface area contributed by atoms with E-state index in [9.17, 15) is 9.50 Å². The van der Waals surface area contributed by atoms with Crippen LogP contribution in [0.15, 0.2) is 48.5 Å². The van der Waals surface area contributed by atoms with Crippen LogP contribution in [0.25, 0.3) is 0 Å². The van der Waals surface area contributed by atoms with Crippen molar-refractivity contribution >= 4 is 0 Å². The third-order valence-electron chi connectivity index (χ3n) is 6.84. The highest BCUT2D eigenvalue weighted by molar-refractivity contribution is 5.31. The summed E-state index contributed by atoms with van der Waals surface area (Å²) in [6.45, 7) is 4.06. The van der Waals surface area contributed by atoms with Crippen molar-refractivity contribution in [1.82, 2.24) is 10.2 Å². The Hall–Kier alpha value is -1.95. The van der Waals surface area contributed by atoms with Crippen LogP contribution in [0, 0.1) is 5.82 Å². The standard InChI is InChI=1S/C24H31FN2O2/c1-29-22-4-2-3-19(17-22)18-23(27-15-13-26-14-16-27)9-11-24(28,12-10-23)20-5-7-21(25)8-6-20/h2-8,17,26,28H,9-16,18H2,1H3. The van der Waals surface area contributed by atoms with Gasteiger partial charge in [0, 0.05) is 31.7 Å². The third-order valence-corrected chi connectivity index (χ3v) is 6.84. The number of hydrogen-bond acceptors (Lipinski definition) is 4. The molecule has 2 aliphatic rings. The maximum Gasteiger partial charge on any atom is 0.123 e. The predicted molar refractivity (Wildman–Crippen MR) is 113 cm³/mol. The second-order valence-corrected chi connectivity index (χ2v) is 8.53. The lowest BCUT2D eigenvalue weighted by atomic mass is 9.68. The molecule has 2 aromatic carbocycles. The fourth-order valence-corrected chi connectivity index (χ4v) is 5.08. The average Bonchev–Trinajstić information content (AvgIpc) is 2.77. The summed E-state index contributed by atoms with van der Waals surface area (Å²) in [5.74, 6) is 0.623. The van der Waals surface area contributed by atoms with Crippen LogP contribution in [0.5, 0.6) is 5.75 Å². The van der Waals surface area contributed by atoms with Crippen LogP contribution in [0.2, 0.25) is 0 Å². The SMILES string of the molecule is COc1cccc(CC2(N3CCNCC3)CCC(O)(c3ccc(F)cc3)CC2)c1. The first-order valence-corrected chi connectivity index (χ1v) is 10.6. The van der Waals surface area contributed by atoms with E-state index in [0.717, 1.165) is 56.8 Å². The number of rotatable bonds is 5. The molecular formula is C24H31FN2O2. The van der Waals surface area contributed by atoms with Gasteiger partial charge < -0.3 is 15.2 Å². The Kier molecular flexibility index (Phi) is 5.91. The number of methoxy groups -OCH3 is 1. The minimum Gasteiger partial charge on any atom is -0.497 e. The van der Waals surface area contributed by atoms with Gasteiger partial charge in [0.15, 0.2) is 0 Å². The largest absolute Gasteiger partial charge is 0.497 e. The van der Waals surface area contributed by atoms with E-state index in [1.54, 1.807) is 19.2 Å². The van der Waals surface area contributed by atoms with E-state index in [2.05, 4.69) is 28.4 Å². The molecule has 1 aliphatic carbocycles. The molecule has 0 bridgehead atoms. The zero-order chi connectivity index (χ0) is 20.3. The Bertz CT molecular complexity index is 810. The second kappa shape index (κ2) is 8.42. The Morgan fingerprint density at radius 3 is 2.38 bits per heavy atom. The average molecular weight is 399 g/mol. The van der Waals surface area contributed by atoms with Crippen molar-refractivity contribution in [3.63, 3.8) is 0 Å². The molecule has 0 amide bonds. The summed E-state index contributed by atoms with van der Waals surface area (Å²) < 4.78 is 18.8. The summed E-state index contributed by atoms with van der Waals surface area (Å²) in [5, 5.41) is 14.8. The maximum absolute atomic E-state index is 13.3. The van der Waals surface area contributed by atoms with Crippen LogP contribution in [0.3, 0.4) is 0 Å². The van der Waals surface area contributed by atoms with Crippen LogP contribution in [0.4, 0.5) is 4.39 Å². The molecule has 0 spiro atoms. The molecule has 4 rings (SSSR count). The van der Waals surface area contributed by atoms with Gasteiger partial charge in [-0.25, -0.2) is 4.39 Å². The van der Waals surface area contributed by atoms with Crippen molar-refractivity contribution in [2.24, 2.45) is 0 Å². The van der Waals surface area contributed by atoms with Gasteiger partial charge in [0.25, 0.3) is 0 Å². The van der Waals surface area contributed by atoms with Gasteiger partial charge in [0.05, 0.1) is 12.7 Å². The van der Waals surface area contributed by atoms with Gasteiger partial charge in [-0.05, 0) is 67.5 Å². The fraction of sp³-hybridized carbons (Fsp3) is 0.500. The molecule has 29 heavy (non-hydrogen) atoms. The molecule has 2 aromatic rings. The van der Waals surface area contributed by atoms with Crippen LogP contribution in [0.1, 0.15) is 36.8 Å². The Labute approximate surface area is 172 Å². The van der Waals surface area contributed by atoms with Gasteiger partial charge >= 0.3 is 0 Å². The molecule has 1 aliphatic heterocycles. The first kappa shape index (κ1) is 20.3. The molecule has 1 heterocycles. The Balaban J connectivity index is 1.58. The first-order valence-electron chi connectivity index (χ1n) is 10.6. The van der Waals surface area contributed by atoms with Crippen molar-refractivity contribution in [1.29, 1.82) is 0 Å². The van der Waals surface area contributed by atoms with Crippen LogP contribution in [-0.2, 0) is 12.0 Å². The molecule has 1 saturated heterocycles. The number of piperazine rings is 1. The van der Waals surface area contributed by atoms with Gasteiger partial charge in [-0.15, -0.1) is 0 Å². The number of aliphatic hydroxyl groups is 1. The number of benzene rings is 2. The van der Waals surface area contributed by atoms with Crippen molar-refractivity contribution < 1.29 is 14.2 Å². The van der Waals surface area contributed by atoms with Crippen molar-refractivity contribution in [3.8, 4) is 5.75 Å². The Morgan fingerprint density at radius 2 is 1.72 bits per heavy atom. The lowest BCUT2D eigenvalue weighted by molar-refractivity contribution is -0.0628. The van der Waals surface area contributed by atoms with E-state index in [4.69, 9.17) is 4.74 Å². The highest BCUT2D eigenvalue weighted by Crippen LogP contribution is 2.45. The summed E-state index contributed by atoms with van der Waals surface area (Å²) >= 11 is 0. The number of hydrogen-bond donors (Lipinski definition) is 2. The quantitative estimate of drug-likeness (QED) is 0.809. The van der Waals surface area contributed by atoms with Crippen molar-refractivity contribution in [3.05, 3.63) is 65.5 Å². The lowest BCUT2D eigenvalue weighted by Gasteiger charge is -2.52. The van der Waals surface area contributed by atoms with Gasteiger partial charge in [0.2, 0.25) is 0 Å². The number of nitrogens with zero attached hydrogens (tertiary/aromatic N) is 1. The van der Waals surface area contributed by atoms with Gasteiger partial charge in [-0.1, -0.05) is 24.3 Å². The topological polar surface area (TPSA) is 44.7 Å². The minimum atomic E-state index is -0.875. The molecule has 0 radical (unpaired) electrons. The fourth-order valence-electron chi connectivity index (χ4n) is 5.08. The van der Waals surface area contributed by atoms with Crippen molar-refractivity contribution in [2.45, 2.75) is 43.2 Å². The molecule has 2 fully saturated rings. The summed E-state index contributed by atoms with van der Waals surface area (Å²) in [6, 6.07) is 14.7. The summed E-state index contributed by atoms with van der Waals surface area (Å²) in [4.78, 5) is 2.62. The summed E-state index contributed by atoms with van der Waals surface area (Å²) in [5.41, 5.74) is 1.25. The monoisotopic (exact) mass is 398 g/mol. The molecule has 0 unspecified atom stereocenters. The number of halogens is 1. The van der Waals surface area contributed by atoms with E-state index in [0.29, 0.717) is 12.8 Å². The zero-order valence-corrected chi connectivity index (χ0v) is 17.2. The zero-order valence-electron chi connectivity index (χ0n) is 17.2. The maximum atomic E-state index is 13.3. The van der Waals surface area contributed by atoms with Gasteiger partial charge in [0.1, 0.15) is 11.6 Å². The lowest BCUT2D eigenvalue weighted by Crippen LogP contribution is -2.59. The molecule has 5 heteroatoms. The van der Waals surface area contributed by atoms with Crippen LogP contribution in [-0.4, -0.2) is 48.8 Å². The highest BCUT2D eigenvalue weighted by Gasteiger charge is 2.46. The number of nitrogens with one attached hydrogen (secondary N) is 1. The van der Waals surface area contributed by atoms with Crippen molar-refractivity contribution in [2.75, 3.05) is 33.3 Å². The van der Waals surface area contributed by atoms with E-state index in [1.165, 1.54) is 17.7 Å². The molecule has 2 N–H and O–H groups in total. The molecule has 0 aromatic heterocycles. The summed E-state index contributed by atoms with van der Waals surface area (Å²) in [6.07, 6.45) is 4.15. The molecule has 4 nitrogen and oxygen atoms in total. The van der Waals surface area contributed by atoms with Crippen LogP contribution >= 0.6 is 0 Å². The minimum absolute atomic E-state index is 0.0285. The van der Waals surface area contributed by atoms with E-state index >= 15 is 0 Å². The Morgan fingerprint density at radius 1 is 1.03 bits per heavy atom. The van der Waals surface area contributed by atoms with E-state index in [1.807, 2.05) is 6.07 Å². The van der Waals surface area contributed by atoms with Gasteiger partial charge in [-0.3, -0.25) is 4.90 Å². The molecule has 1 saturated carbocycles. The second-order valence-electron chi connectivity index (χ2n) is 8.53. The van der Waals surface area contributed by atoms with E-state index < -0.39 is 5.60 Å². The van der Waals surface area contributed by atoms with E-state index in [-0.39, 0.29) is 11.4 Å². The predicted octanol–water partition coefficient (Wildman–Crippen LogP) is 3.48. The smallest absolute Gasteiger partial charge is 0.123 e. The molecule has 156 valence electrons. The normalized spacial score (nSPS) is 28.2. The molecule has 0 atom stereocenters. The summed E-state index contributed by atoms with van der Waals surface area (Å²) in [7, 11) is 1.70. The molecular weight excluding hydrogens is 367 g/mol.